The predicted molar refractivity (Wildman–Crippen MR) is 56.7 cm³/mol. The Balaban J connectivity index is 2.45. The molecule has 4 N–H and O–H groups in total. The lowest BCUT2D eigenvalue weighted by Gasteiger charge is -2.04. The first-order chi connectivity index (χ1) is 7.20. The number of nitrogen functional groups attached to an aromatic ring is 1. The van der Waals surface area contributed by atoms with E-state index in [0.29, 0.717) is 11.6 Å². The number of anilines is 1. The summed E-state index contributed by atoms with van der Waals surface area (Å²) in [5.41, 5.74) is 7.13. The molecule has 1 heterocycles. The summed E-state index contributed by atoms with van der Waals surface area (Å²) >= 11 is 0. The van der Waals surface area contributed by atoms with Gasteiger partial charge >= 0.3 is 0 Å². The maximum absolute atomic E-state index is 9.41. The first-order valence-electron chi connectivity index (χ1n) is 4.39. The Kier molecular flexibility index (Phi) is 2.21. The van der Waals surface area contributed by atoms with Crippen LogP contribution >= 0.6 is 0 Å². The molecule has 0 bridgehead atoms. The maximum Gasteiger partial charge on any atom is 0.161 e. The van der Waals surface area contributed by atoms with E-state index in [4.69, 9.17) is 10.5 Å². The molecule has 5 heteroatoms. The average molecular weight is 205 g/mol. The van der Waals surface area contributed by atoms with Gasteiger partial charge in [0.05, 0.1) is 12.8 Å². The van der Waals surface area contributed by atoms with Crippen molar-refractivity contribution in [2.45, 2.75) is 0 Å². The number of H-pyrrole nitrogens is 1. The number of nitrogens with two attached hydrogens (primary N) is 1. The SMILES string of the molecule is COc1cc(-c2cc(N)n[nH]2)ccc1O. The Hall–Kier alpha value is -2.17. The van der Waals surface area contributed by atoms with Crippen molar-refractivity contribution in [3.05, 3.63) is 24.3 Å². The zero-order valence-electron chi connectivity index (χ0n) is 8.19. The Labute approximate surface area is 86.5 Å². The highest BCUT2D eigenvalue weighted by atomic mass is 16.5. The second-order valence-corrected chi connectivity index (χ2v) is 3.09. The maximum atomic E-state index is 9.41. The van der Waals surface area contributed by atoms with E-state index in [1.165, 1.54) is 7.11 Å². The smallest absolute Gasteiger partial charge is 0.161 e. The van der Waals surface area contributed by atoms with Gasteiger partial charge in [-0.05, 0) is 18.2 Å². The van der Waals surface area contributed by atoms with Crippen molar-refractivity contribution >= 4 is 5.82 Å². The molecule has 0 amide bonds. The molecular formula is C10H11N3O2. The van der Waals surface area contributed by atoms with Crippen LogP contribution in [0.4, 0.5) is 5.82 Å². The summed E-state index contributed by atoms with van der Waals surface area (Å²) in [6, 6.07) is 6.74. The highest BCUT2D eigenvalue weighted by Crippen LogP contribution is 2.30. The quantitative estimate of drug-likeness (QED) is 0.691. The van der Waals surface area contributed by atoms with Crippen LogP contribution in [0.5, 0.6) is 11.5 Å². The number of hydrogen-bond acceptors (Lipinski definition) is 4. The van der Waals surface area contributed by atoms with Crippen LogP contribution in [-0.4, -0.2) is 22.4 Å². The van der Waals surface area contributed by atoms with Crippen molar-refractivity contribution < 1.29 is 9.84 Å². The topological polar surface area (TPSA) is 84.2 Å². The molecule has 0 aliphatic carbocycles. The van der Waals surface area contributed by atoms with Gasteiger partial charge in [-0.3, -0.25) is 5.10 Å². The Morgan fingerprint density at radius 2 is 2.20 bits per heavy atom. The van der Waals surface area contributed by atoms with Crippen molar-refractivity contribution in [3.63, 3.8) is 0 Å². The van der Waals surface area contributed by atoms with Crippen LogP contribution in [0, 0.1) is 0 Å². The number of aromatic hydroxyl groups is 1. The normalized spacial score (nSPS) is 10.2. The summed E-state index contributed by atoms with van der Waals surface area (Å²) in [7, 11) is 1.50. The first kappa shape index (κ1) is 9.39. The van der Waals surface area contributed by atoms with Crippen molar-refractivity contribution in [2.75, 3.05) is 12.8 Å². The zero-order chi connectivity index (χ0) is 10.8. The predicted octanol–water partition coefficient (Wildman–Crippen LogP) is 1.37. The monoisotopic (exact) mass is 205 g/mol. The summed E-state index contributed by atoms with van der Waals surface area (Å²) in [5, 5.41) is 16.0. The number of benzene rings is 1. The molecule has 1 aromatic heterocycles. The van der Waals surface area contributed by atoms with E-state index < -0.39 is 0 Å². The number of phenolic OH excluding ortho intramolecular Hbond substituents is 1. The van der Waals surface area contributed by atoms with Crippen LogP contribution in [0.2, 0.25) is 0 Å². The van der Waals surface area contributed by atoms with Gasteiger partial charge in [0.2, 0.25) is 0 Å². The van der Waals surface area contributed by atoms with Crippen LogP contribution < -0.4 is 10.5 Å². The molecule has 0 aliphatic heterocycles. The average Bonchev–Trinajstić information content (AvgIpc) is 2.66. The van der Waals surface area contributed by atoms with Gasteiger partial charge in [-0.15, -0.1) is 0 Å². The summed E-state index contributed by atoms with van der Waals surface area (Å²) in [6.07, 6.45) is 0. The lowest BCUT2D eigenvalue weighted by molar-refractivity contribution is 0.373. The number of methoxy groups -OCH3 is 1. The second-order valence-electron chi connectivity index (χ2n) is 3.09. The van der Waals surface area contributed by atoms with Crippen molar-refractivity contribution in [3.8, 4) is 22.8 Å². The van der Waals surface area contributed by atoms with E-state index in [1.807, 2.05) is 0 Å². The largest absolute Gasteiger partial charge is 0.504 e. The van der Waals surface area contributed by atoms with Gasteiger partial charge in [0.25, 0.3) is 0 Å². The number of nitrogens with one attached hydrogen (secondary N) is 1. The number of hydrogen-bond donors (Lipinski definition) is 3. The second kappa shape index (κ2) is 3.53. The van der Waals surface area contributed by atoms with Crippen LogP contribution in [0.15, 0.2) is 24.3 Å². The van der Waals surface area contributed by atoms with Crippen LogP contribution in [0.1, 0.15) is 0 Å². The number of nitrogens with zero attached hydrogens (tertiary/aromatic N) is 1. The molecule has 1 aromatic carbocycles. The Morgan fingerprint density at radius 3 is 2.80 bits per heavy atom. The van der Waals surface area contributed by atoms with Gasteiger partial charge in [-0.25, -0.2) is 0 Å². The number of aromatic nitrogens is 2. The van der Waals surface area contributed by atoms with Crippen molar-refractivity contribution in [1.29, 1.82) is 0 Å². The van der Waals surface area contributed by atoms with E-state index in [9.17, 15) is 5.11 Å². The molecule has 5 nitrogen and oxygen atoms in total. The first-order valence-corrected chi connectivity index (χ1v) is 4.39. The fraction of sp³-hybridized carbons (Fsp3) is 0.100. The molecular weight excluding hydrogens is 194 g/mol. The van der Waals surface area contributed by atoms with E-state index in [1.54, 1.807) is 24.3 Å². The summed E-state index contributed by atoms with van der Waals surface area (Å²) < 4.78 is 5.00. The lowest BCUT2D eigenvalue weighted by atomic mass is 10.1. The summed E-state index contributed by atoms with van der Waals surface area (Å²) in [6.45, 7) is 0. The van der Waals surface area contributed by atoms with Gasteiger partial charge in [0.15, 0.2) is 11.5 Å². The molecule has 0 saturated heterocycles. The molecule has 0 saturated carbocycles. The van der Waals surface area contributed by atoms with E-state index in [-0.39, 0.29) is 5.75 Å². The van der Waals surface area contributed by atoms with Gasteiger partial charge in [-0.1, -0.05) is 0 Å². The number of aromatic amines is 1. The molecule has 0 atom stereocenters. The number of rotatable bonds is 2. The van der Waals surface area contributed by atoms with Crippen molar-refractivity contribution in [1.82, 2.24) is 10.2 Å². The molecule has 0 fully saturated rings. The molecule has 0 radical (unpaired) electrons. The van der Waals surface area contributed by atoms with Gasteiger partial charge in [-0.2, -0.15) is 5.10 Å². The number of phenols is 1. The van der Waals surface area contributed by atoms with E-state index in [0.717, 1.165) is 11.3 Å². The number of ether oxygens (including phenoxy) is 1. The minimum atomic E-state index is 0.105. The molecule has 15 heavy (non-hydrogen) atoms. The Bertz CT molecular complexity index is 479. The minimum Gasteiger partial charge on any atom is -0.504 e. The van der Waals surface area contributed by atoms with Crippen LogP contribution in [0.3, 0.4) is 0 Å². The molecule has 0 unspecified atom stereocenters. The van der Waals surface area contributed by atoms with Crippen LogP contribution in [-0.2, 0) is 0 Å². The fourth-order valence-electron chi connectivity index (χ4n) is 1.33. The third kappa shape index (κ3) is 1.71. The highest BCUT2D eigenvalue weighted by molar-refractivity contribution is 5.65. The van der Waals surface area contributed by atoms with Gasteiger partial charge in [0.1, 0.15) is 5.82 Å². The molecule has 0 spiro atoms. The third-order valence-electron chi connectivity index (χ3n) is 2.09. The van der Waals surface area contributed by atoms with E-state index in [2.05, 4.69) is 10.2 Å². The van der Waals surface area contributed by atoms with E-state index >= 15 is 0 Å². The standard InChI is InChI=1S/C10H11N3O2/c1-15-9-4-6(2-3-8(9)14)7-5-10(11)13-12-7/h2-5,14H,1H3,(H3,11,12,13). The fourth-order valence-corrected chi connectivity index (χ4v) is 1.33. The van der Waals surface area contributed by atoms with Gasteiger partial charge in [0, 0.05) is 11.6 Å². The summed E-state index contributed by atoms with van der Waals surface area (Å²) in [5.74, 6) is 0.950. The molecule has 0 aliphatic rings. The zero-order valence-corrected chi connectivity index (χ0v) is 8.19. The third-order valence-corrected chi connectivity index (χ3v) is 2.09. The molecule has 2 rings (SSSR count). The minimum absolute atomic E-state index is 0.105. The molecule has 2 aromatic rings. The Morgan fingerprint density at radius 1 is 1.40 bits per heavy atom. The summed E-state index contributed by atoms with van der Waals surface area (Å²) in [4.78, 5) is 0. The molecule has 78 valence electrons. The van der Waals surface area contributed by atoms with Gasteiger partial charge < -0.3 is 15.6 Å². The highest BCUT2D eigenvalue weighted by Gasteiger charge is 2.06. The lowest BCUT2D eigenvalue weighted by Crippen LogP contribution is -1.85. The van der Waals surface area contributed by atoms with Crippen LogP contribution in [0.25, 0.3) is 11.3 Å². The van der Waals surface area contributed by atoms with Crippen molar-refractivity contribution in [2.24, 2.45) is 0 Å².